The third-order valence-corrected chi connectivity index (χ3v) is 9.08. The summed E-state index contributed by atoms with van der Waals surface area (Å²) in [6.07, 6.45) is -7.11. The summed E-state index contributed by atoms with van der Waals surface area (Å²) in [5.41, 5.74) is -3.68. The first-order chi connectivity index (χ1) is 18.3. The molecule has 2 fully saturated rings. The van der Waals surface area contributed by atoms with Crippen LogP contribution < -0.4 is 0 Å². The molecular formula is C29H53NO10. The smallest absolute Gasteiger partial charge is 0.311 e. The largest absolute Gasteiger partial charge is 0.459 e. The molecule has 2 heterocycles. The molecule has 1 unspecified atom stereocenters. The lowest BCUT2D eigenvalue weighted by Gasteiger charge is -2.47. The average molecular weight is 576 g/mol. The summed E-state index contributed by atoms with van der Waals surface area (Å²) in [5.74, 6) is -5.00. The number of carbonyl (C=O) groups excluding carboxylic acids is 2. The highest BCUT2D eigenvalue weighted by atomic mass is 16.7. The Bertz CT molecular complexity index is 864. The number of aliphatic hydroxyl groups excluding tert-OH is 3. The fourth-order valence-corrected chi connectivity index (χ4v) is 6.41. The summed E-state index contributed by atoms with van der Waals surface area (Å²) in [6, 6.07) is -0.284. The highest BCUT2D eigenvalue weighted by Gasteiger charge is 2.51. The summed E-state index contributed by atoms with van der Waals surface area (Å²) < 4.78 is 17.8. The molecule has 2 saturated heterocycles. The molecule has 2 aliphatic rings. The summed E-state index contributed by atoms with van der Waals surface area (Å²) >= 11 is 0. The van der Waals surface area contributed by atoms with E-state index in [0.717, 1.165) is 0 Å². The zero-order valence-electron chi connectivity index (χ0n) is 25.8. The number of cyclic esters (lactones) is 1. The van der Waals surface area contributed by atoms with E-state index in [1.165, 1.54) is 27.7 Å². The fraction of sp³-hybridized carbons (Fsp3) is 0.931. The Morgan fingerprint density at radius 1 is 0.975 bits per heavy atom. The van der Waals surface area contributed by atoms with Gasteiger partial charge in [0, 0.05) is 23.8 Å². The van der Waals surface area contributed by atoms with Gasteiger partial charge in [0.1, 0.15) is 23.6 Å². The molecule has 234 valence electrons. The molecule has 11 heteroatoms. The van der Waals surface area contributed by atoms with Gasteiger partial charge in [-0.3, -0.25) is 9.59 Å². The summed E-state index contributed by atoms with van der Waals surface area (Å²) in [6.45, 7) is 12.5. The number of nitrogens with zero attached hydrogens (tertiary/aromatic N) is 1. The molecule has 0 aromatic carbocycles. The number of Topliss-reactive ketones (excluding diaryl/α,β-unsaturated/α-hetero) is 1. The summed E-state index contributed by atoms with van der Waals surface area (Å²) in [4.78, 5) is 28.4. The Hall–Kier alpha value is -1.18. The van der Waals surface area contributed by atoms with Gasteiger partial charge in [0.15, 0.2) is 6.29 Å². The van der Waals surface area contributed by atoms with Crippen molar-refractivity contribution in [1.82, 2.24) is 4.90 Å². The van der Waals surface area contributed by atoms with Gasteiger partial charge in [-0.25, -0.2) is 0 Å². The molecule has 0 aromatic rings. The van der Waals surface area contributed by atoms with Crippen molar-refractivity contribution in [3.8, 4) is 0 Å². The molecule has 11 nitrogen and oxygen atoms in total. The highest BCUT2D eigenvalue weighted by molar-refractivity contribution is 5.83. The van der Waals surface area contributed by atoms with Gasteiger partial charge >= 0.3 is 5.97 Å². The molecule has 2 aliphatic heterocycles. The molecule has 40 heavy (non-hydrogen) atoms. The number of aliphatic hydroxyl groups is 5. The molecule has 0 radical (unpaired) electrons. The number of ether oxygens (including phenoxy) is 3. The van der Waals surface area contributed by atoms with Crippen LogP contribution in [-0.4, -0.2) is 116 Å². The number of hydrogen-bond donors (Lipinski definition) is 5. The predicted octanol–water partition coefficient (Wildman–Crippen LogP) is 0.860. The van der Waals surface area contributed by atoms with Crippen molar-refractivity contribution in [2.24, 2.45) is 23.7 Å². The van der Waals surface area contributed by atoms with Gasteiger partial charge in [0.25, 0.3) is 0 Å². The Balaban J connectivity index is 2.55. The lowest BCUT2D eigenvalue weighted by Crippen LogP contribution is -2.60. The van der Waals surface area contributed by atoms with Crippen LogP contribution in [-0.2, 0) is 23.8 Å². The molecule has 0 aromatic heterocycles. The number of ketones is 1. The van der Waals surface area contributed by atoms with Crippen LogP contribution in [0.4, 0.5) is 0 Å². The van der Waals surface area contributed by atoms with Crippen LogP contribution in [0.3, 0.4) is 0 Å². The Morgan fingerprint density at radius 2 is 1.55 bits per heavy atom. The minimum atomic E-state index is -1.94. The van der Waals surface area contributed by atoms with Crippen molar-refractivity contribution in [2.75, 3.05) is 14.1 Å². The SMILES string of the molecule is CCC1OC(=O)[C@H](C)[C@@H](O)[C@H](C)[C@@H](O[C@@H]2O[C@H](C)C[C@H](N(C)C)[C@H]2O)[C@](C)(O)C[C@@H](C)C(=O)[C@H](C)[C@@H](O)[C@]1(C)O. The summed E-state index contributed by atoms with van der Waals surface area (Å²) in [7, 11) is 3.67. The molecule has 0 bridgehead atoms. The van der Waals surface area contributed by atoms with Gasteiger partial charge in [0.2, 0.25) is 0 Å². The second-order valence-electron chi connectivity index (χ2n) is 12.9. The number of carbonyl (C=O) groups is 2. The van der Waals surface area contributed by atoms with E-state index in [9.17, 15) is 35.1 Å². The van der Waals surface area contributed by atoms with Crippen molar-refractivity contribution in [3.05, 3.63) is 0 Å². The molecular weight excluding hydrogens is 522 g/mol. The van der Waals surface area contributed by atoms with Crippen molar-refractivity contribution >= 4 is 11.8 Å². The zero-order valence-corrected chi connectivity index (χ0v) is 25.8. The number of likely N-dealkylation sites (N-methyl/N-ethyl adjacent to an activating group) is 1. The Morgan fingerprint density at radius 3 is 2.08 bits per heavy atom. The van der Waals surface area contributed by atoms with Gasteiger partial charge in [-0.2, -0.15) is 0 Å². The van der Waals surface area contributed by atoms with Gasteiger partial charge in [-0.1, -0.05) is 27.7 Å². The average Bonchev–Trinajstić information content (AvgIpc) is 2.87. The quantitative estimate of drug-likeness (QED) is 0.302. The first-order valence-electron chi connectivity index (χ1n) is 14.5. The second kappa shape index (κ2) is 13.4. The van der Waals surface area contributed by atoms with Crippen molar-refractivity contribution in [1.29, 1.82) is 0 Å². The third kappa shape index (κ3) is 7.42. The minimum absolute atomic E-state index is 0.113. The van der Waals surface area contributed by atoms with Crippen LogP contribution in [0.2, 0.25) is 0 Å². The van der Waals surface area contributed by atoms with Gasteiger partial charge in [0.05, 0.1) is 35.9 Å². The first kappa shape index (κ1) is 35.0. The lowest BCUT2D eigenvalue weighted by atomic mass is 9.74. The van der Waals surface area contributed by atoms with Crippen molar-refractivity contribution < 1.29 is 49.3 Å². The molecule has 0 spiro atoms. The Labute approximate surface area is 238 Å². The maximum absolute atomic E-state index is 13.4. The number of rotatable bonds is 4. The predicted molar refractivity (Wildman–Crippen MR) is 147 cm³/mol. The number of hydrogen-bond acceptors (Lipinski definition) is 11. The highest BCUT2D eigenvalue weighted by Crippen LogP contribution is 2.37. The van der Waals surface area contributed by atoms with Gasteiger partial charge < -0.3 is 44.6 Å². The van der Waals surface area contributed by atoms with Crippen LogP contribution in [0, 0.1) is 23.7 Å². The van der Waals surface area contributed by atoms with Crippen molar-refractivity contribution in [3.63, 3.8) is 0 Å². The molecule has 0 saturated carbocycles. The van der Waals surface area contributed by atoms with Gasteiger partial charge in [-0.15, -0.1) is 0 Å². The van der Waals surface area contributed by atoms with E-state index in [1.807, 2.05) is 25.9 Å². The second-order valence-corrected chi connectivity index (χ2v) is 12.9. The number of esters is 1. The molecule has 0 aliphatic carbocycles. The van der Waals surface area contributed by atoms with Crippen molar-refractivity contribution in [2.45, 2.75) is 135 Å². The van der Waals surface area contributed by atoms with Gasteiger partial charge in [-0.05, 0) is 61.1 Å². The minimum Gasteiger partial charge on any atom is -0.459 e. The van der Waals surface area contributed by atoms with Crippen LogP contribution in [0.5, 0.6) is 0 Å². The topological polar surface area (TPSA) is 166 Å². The maximum atomic E-state index is 13.4. The standard InChI is InChI=1S/C29H53NO10/c1-11-20-29(8,37)24(34)16(4)21(31)14(2)13-28(7,36)25(17(5)22(32)18(6)26(35)39-20)40-27-23(33)19(30(9)10)12-15(3)38-27/h14-20,22-25,27,32-34,36-37H,11-13H2,1-10H3/t14-,15-,16+,17+,18-,19+,20?,22+,23-,24-,25-,27+,28-,29-/m1/s1. The van der Waals surface area contributed by atoms with E-state index in [2.05, 4.69) is 0 Å². The normalized spacial score (nSPS) is 48.5. The molecule has 2 rings (SSSR count). The van der Waals surface area contributed by atoms with Crippen LogP contribution in [0.15, 0.2) is 0 Å². The van der Waals surface area contributed by atoms with E-state index in [4.69, 9.17) is 14.2 Å². The van der Waals surface area contributed by atoms with E-state index in [-0.39, 0.29) is 25.0 Å². The monoisotopic (exact) mass is 575 g/mol. The molecule has 5 N–H and O–H groups in total. The third-order valence-electron chi connectivity index (χ3n) is 9.08. The van der Waals surface area contributed by atoms with E-state index in [0.29, 0.717) is 6.42 Å². The lowest BCUT2D eigenvalue weighted by molar-refractivity contribution is -0.299. The van der Waals surface area contributed by atoms with Crippen LogP contribution in [0.25, 0.3) is 0 Å². The Kier molecular flexibility index (Phi) is 11.7. The molecule has 0 amide bonds. The fourth-order valence-electron chi connectivity index (χ4n) is 6.41. The van der Waals surface area contributed by atoms with Crippen LogP contribution in [0.1, 0.15) is 74.7 Å². The van der Waals surface area contributed by atoms with E-state index < -0.39 is 83.4 Å². The molecule has 14 atom stereocenters. The van der Waals surface area contributed by atoms with Crippen LogP contribution >= 0.6 is 0 Å². The summed E-state index contributed by atoms with van der Waals surface area (Å²) in [5, 5.41) is 56.4. The maximum Gasteiger partial charge on any atom is 0.311 e. The van der Waals surface area contributed by atoms with E-state index >= 15 is 0 Å². The van der Waals surface area contributed by atoms with E-state index in [1.54, 1.807) is 20.8 Å². The zero-order chi connectivity index (χ0) is 30.9. The first-order valence-corrected chi connectivity index (χ1v) is 14.5.